The van der Waals surface area contributed by atoms with Gasteiger partial charge in [-0.05, 0) is 36.5 Å². The molecular formula is C20H21N3O5. The molecule has 3 aliphatic rings. The minimum Gasteiger partial charge on any atom is -0.371 e. The van der Waals surface area contributed by atoms with Crippen molar-refractivity contribution in [2.45, 2.75) is 18.9 Å². The van der Waals surface area contributed by atoms with Crippen molar-refractivity contribution in [1.29, 1.82) is 0 Å². The number of fused-ring (bicyclic) bond motifs is 1. The first-order chi connectivity index (χ1) is 13.4. The number of anilines is 1. The zero-order valence-electron chi connectivity index (χ0n) is 15.5. The molecule has 2 aliphatic heterocycles. The van der Waals surface area contributed by atoms with E-state index in [9.17, 15) is 24.0 Å². The molecule has 1 saturated carbocycles. The highest BCUT2D eigenvalue weighted by Gasteiger charge is 2.55. The Morgan fingerprint density at radius 3 is 2.54 bits per heavy atom. The van der Waals surface area contributed by atoms with Gasteiger partial charge >= 0.3 is 0 Å². The fourth-order valence-corrected chi connectivity index (χ4v) is 4.40. The van der Waals surface area contributed by atoms with Crippen LogP contribution >= 0.6 is 0 Å². The third kappa shape index (κ3) is 2.98. The molecule has 0 bridgehead atoms. The number of nitrogens with one attached hydrogen (secondary N) is 1. The van der Waals surface area contributed by atoms with Crippen molar-refractivity contribution in [2.75, 3.05) is 25.0 Å². The van der Waals surface area contributed by atoms with E-state index in [1.807, 2.05) is 0 Å². The zero-order chi connectivity index (χ0) is 20.0. The van der Waals surface area contributed by atoms with Crippen LogP contribution in [0.5, 0.6) is 0 Å². The molecule has 2 heterocycles. The van der Waals surface area contributed by atoms with Crippen molar-refractivity contribution >= 4 is 36.0 Å². The van der Waals surface area contributed by atoms with Gasteiger partial charge in [0.1, 0.15) is 12.3 Å². The quantitative estimate of drug-likeness (QED) is 0.578. The predicted molar refractivity (Wildman–Crippen MR) is 98.8 cm³/mol. The molecule has 1 aromatic carbocycles. The number of carbonyl (C=O) groups excluding carboxylic acids is 5. The van der Waals surface area contributed by atoms with E-state index in [1.165, 1.54) is 11.9 Å². The molecule has 1 N–H and O–H groups in total. The summed E-state index contributed by atoms with van der Waals surface area (Å²) in [5.74, 6) is -0.407. The Morgan fingerprint density at radius 1 is 1.21 bits per heavy atom. The fraction of sp³-hybridized carbons (Fsp3) is 0.450. The number of likely N-dealkylation sites (N-methyl/N-ethyl adjacent to an activating group) is 1. The second kappa shape index (κ2) is 6.85. The van der Waals surface area contributed by atoms with Crippen LogP contribution in [0.3, 0.4) is 0 Å². The summed E-state index contributed by atoms with van der Waals surface area (Å²) in [5, 5.41) is 2.24. The van der Waals surface area contributed by atoms with Crippen molar-refractivity contribution in [2.24, 2.45) is 17.8 Å². The van der Waals surface area contributed by atoms with Crippen LogP contribution in [0.1, 0.15) is 33.6 Å². The maximum absolute atomic E-state index is 13.0. The molecule has 3 unspecified atom stereocenters. The molecule has 0 spiro atoms. The van der Waals surface area contributed by atoms with Crippen molar-refractivity contribution in [3.05, 3.63) is 29.3 Å². The number of rotatable bonds is 5. The van der Waals surface area contributed by atoms with Crippen LogP contribution in [0.2, 0.25) is 0 Å². The smallest absolute Gasteiger partial charge is 0.255 e. The van der Waals surface area contributed by atoms with Gasteiger partial charge in [0.25, 0.3) is 5.91 Å². The summed E-state index contributed by atoms with van der Waals surface area (Å²) in [7, 11) is 1.50. The summed E-state index contributed by atoms with van der Waals surface area (Å²) in [6.45, 7) is 1.51. The Hall–Kier alpha value is -3.03. The second-order valence-electron chi connectivity index (χ2n) is 7.72. The number of benzene rings is 1. The van der Waals surface area contributed by atoms with E-state index >= 15 is 0 Å². The predicted octanol–water partition coefficient (Wildman–Crippen LogP) is 0.257. The van der Waals surface area contributed by atoms with Gasteiger partial charge in [0.2, 0.25) is 11.8 Å². The normalized spacial score (nSPS) is 28.4. The molecule has 8 heteroatoms. The number of amides is 3. The minimum absolute atomic E-state index is 0.144. The van der Waals surface area contributed by atoms with Crippen molar-refractivity contribution in [3.8, 4) is 0 Å². The molecule has 0 aromatic heterocycles. The highest BCUT2D eigenvalue weighted by Crippen LogP contribution is 2.51. The van der Waals surface area contributed by atoms with Crippen molar-refractivity contribution in [1.82, 2.24) is 10.2 Å². The van der Waals surface area contributed by atoms with Crippen LogP contribution < -0.4 is 10.2 Å². The average molecular weight is 383 g/mol. The number of imide groups is 1. The maximum atomic E-state index is 13.0. The summed E-state index contributed by atoms with van der Waals surface area (Å²) in [6.07, 6.45) is 2.07. The van der Waals surface area contributed by atoms with Gasteiger partial charge in [0, 0.05) is 43.7 Å². The number of hydrogen-bond donors (Lipinski definition) is 1. The number of aldehydes is 2. The second-order valence-corrected chi connectivity index (χ2v) is 7.72. The molecule has 0 radical (unpaired) electrons. The Bertz CT molecular complexity index is 871. The van der Waals surface area contributed by atoms with E-state index in [1.54, 1.807) is 18.2 Å². The Morgan fingerprint density at radius 2 is 1.93 bits per heavy atom. The van der Waals surface area contributed by atoms with Gasteiger partial charge in [0.15, 0.2) is 6.29 Å². The topological polar surface area (TPSA) is 104 Å². The number of carbonyl (C=O) groups is 5. The SMILES string of the molecule is CN(C(=O)c1cc(N2CC3C(C=O)C3C2)ccc1C=O)C1CCC(=O)NC1=O. The molecule has 28 heavy (non-hydrogen) atoms. The molecule has 146 valence electrons. The van der Waals surface area contributed by atoms with Gasteiger partial charge in [-0.25, -0.2) is 0 Å². The van der Waals surface area contributed by atoms with Crippen LogP contribution in [-0.2, 0) is 14.4 Å². The largest absolute Gasteiger partial charge is 0.371 e. The van der Waals surface area contributed by atoms with Gasteiger partial charge in [-0.3, -0.25) is 24.5 Å². The van der Waals surface area contributed by atoms with Crippen LogP contribution in [0, 0.1) is 17.8 Å². The van der Waals surface area contributed by atoms with E-state index in [-0.39, 0.29) is 35.8 Å². The Balaban J connectivity index is 1.55. The van der Waals surface area contributed by atoms with Gasteiger partial charge in [-0.1, -0.05) is 0 Å². The van der Waals surface area contributed by atoms with E-state index in [0.29, 0.717) is 18.1 Å². The van der Waals surface area contributed by atoms with Crippen LogP contribution in [0.15, 0.2) is 18.2 Å². The summed E-state index contributed by atoms with van der Waals surface area (Å²) in [6, 6.07) is 4.33. The first kappa shape index (κ1) is 18.3. The molecule has 2 saturated heterocycles. The molecular weight excluding hydrogens is 362 g/mol. The van der Waals surface area contributed by atoms with E-state index in [4.69, 9.17) is 0 Å². The lowest BCUT2D eigenvalue weighted by Crippen LogP contribution is -2.53. The molecule has 3 atom stereocenters. The Kier molecular flexibility index (Phi) is 4.49. The lowest BCUT2D eigenvalue weighted by molar-refractivity contribution is -0.136. The number of hydrogen-bond acceptors (Lipinski definition) is 6. The van der Waals surface area contributed by atoms with Crippen molar-refractivity contribution in [3.63, 3.8) is 0 Å². The zero-order valence-corrected chi connectivity index (χ0v) is 15.5. The highest BCUT2D eigenvalue weighted by atomic mass is 16.2. The van der Waals surface area contributed by atoms with Gasteiger partial charge in [-0.2, -0.15) is 0 Å². The third-order valence-corrected chi connectivity index (χ3v) is 6.17. The van der Waals surface area contributed by atoms with Gasteiger partial charge < -0.3 is 14.6 Å². The highest BCUT2D eigenvalue weighted by molar-refractivity contribution is 6.06. The first-order valence-corrected chi connectivity index (χ1v) is 9.35. The van der Waals surface area contributed by atoms with Crippen LogP contribution in [0.4, 0.5) is 5.69 Å². The van der Waals surface area contributed by atoms with Crippen molar-refractivity contribution < 1.29 is 24.0 Å². The molecule has 1 aliphatic carbocycles. The summed E-state index contributed by atoms with van der Waals surface area (Å²) >= 11 is 0. The summed E-state index contributed by atoms with van der Waals surface area (Å²) in [5.41, 5.74) is 1.30. The number of piperidine rings is 2. The van der Waals surface area contributed by atoms with Crippen LogP contribution in [-0.4, -0.2) is 61.4 Å². The molecule has 3 fully saturated rings. The van der Waals surface area contributed by atoms with E-state index in [2.05, 4.69) is 10.2 Å². The fourth-order valence-electron chi connectivity index (χ4n) is 4.40. The lowest BCUT2D eigenvalue weighted by Gasteiger charge is -2.30. The standard InChI is InChI=1S/C20H21N3O5/c1-22(17-4-5-18(26)21-19(17)27)20(28)13-6-12(3-2-11(13)9-24)23-7-14-15(8-23)16(14)10-25/h2-3,6,9-10,14-17H,4-5,7-8H2,1H3,(H,21,26,27). The average Bonchev–Trinajstić information content (AvgIpc) is 3.17. The van der Waals surface area contributed by atoms with E-state index in [0.717, 1.165) is 25.1 Å². The van der Waals surface area contributed by atoms with Gasteiger partial charge in [-0.15, -0.1) is 0 Å². The molecule has 4 rings (SSSR count). The minimum atomic E-state index is -0.749. The maximum Gasteiger partial charge on any atom is 0.255 e. The molecule has 1 aromatic rings. The number of nitrogens with zero attached hydrogens (tertiary/aromatic N) is 2. The van der Waals surface area contributed by atoms with E-state index < -0.39 is 17.9 Å². The first-order valence-electron chi connectivity index (χ1n) is 9.35. The molecule has 3 amide bonds. The van der Waals surface area contributed by atoms with Gasteiger partial charge in [0.05, 0.1) is 5.56 Å². The Labute approximate surface area is 161 Å². The van der Waals surface area contributed by atoms with Crippen LogP contribution in [0.25, 0.3) is 0 Å². The molecule has 8 nitrogen and oxygen atoms in total. The monoisotopic (exact) mass is 383 g/mol. The summed E-state index contributed by atoms with van der Waals surface area (Å²) < 4.78 is 0. The lowest BCUT2D eigenvalue weighted by atomic mass is 10.0. The third-order valence-electron chi connectivity index (χ3n) is 6.17. The summed E-state index contributed by atoms with van der Waals surface area (Å²) in [4.78, 5) is 62.3.